The number of hydrogen-bond donors (Lipinski definition) is 5. The zero-order valence-electron chi connectivity index (χ0n) is 28.7. The van der Waals surface area contributed by atoms with Crippen LogP contribution in [-0.4, -0.2) is 79.3 Å². The number of carbonyl (C=O) groups excluding carboxylic acids is 3. The number of ether oxygens (including phenoxy) is 1. The first-order chi connectivity index (χ1) is 23.1. The number of aryl methyl sites for hydroxylation is 3. The minimum Gasteiger partial charge on any atom is -0.446 e. The van der Waals surface area contributed by atoms with Gasteiger partial charge in [0.1, 0.15) is 12.1 Å². The number of Topliss-reactive ketones (excluding diaryl/α,β-unsaturated/α-hetero) is 1. The van der Waals surface area contributed by atoms with Gasteiger partial charge in [0.25, 0.3) is 0 Å². The SMILES string of the molecule is Cc1cc(C)c(S(=O)(=O)N2CCC(OC(=O)N[C@@H](CC(C)C)C(=O)N[C@@H](CCCNC(=N)N)C(=O)c3nc4ccccc4s3)CC2)c(C)c1. The van der Waals surface area contributed by atoms with Crippen LogP contribution in [0.25, 0.3) is 10.2 Å². The van der Waals surface area contributed by atoms with Crippen molar-refractivity contribution < 1.29 is 27.5 Å². The number of fused-ring (bicyclic) bond motifs is 1. The molecule has 2 amide bonds. The van der Waals surface area contributed by atoms with Gasteiger partial charge in [0, 0.05) is 19.6 Å². The molecule has 4 rings (SSSR count). The number of hydrogen-bond acceptors (Lipinski definition) is 9. The number of nitrogens with one attached hydrogen (secondary N) is 4. The number of nitrogens with two attached hydrogens (primary N) is 1. The summed E-state index contributed by atoms with van der Waals surface area (Å²) < 4.78 is 34.9. The van der Waals surface area contributed by atoms with E-state index < -0.39 is 40.2 Å². The van der Waals surface area contributed by atoms with E-state index in [1.807, 2.05) is 57.2 Å². The number of benzene rings is 2. The predicted molar refractivity (Wildman–Crippen MR) is 190 cm³/mol. The van der Waals surface area contributed by atoms with Gasteiger partial charge in [0.05, 0.1) is 21.2 Å². The van der Waals surface area contributed by atoms with Gasteiger partial charge in [-0.1, -0.05) is 43.7 Å². The highest BCUT2D eigenvalue weighted by Gasteiger charge is 2.34. The molecule has 1 aliphatic rings. The second-order valence-electron chi connectivity index (χ2n) is 13.0. The first-order valence-electron chi connectivity index (χ1n) is 16.5. The minimum atomic E-state index is -3.72. The molecule has 0 radical (unpaired) electrons. The molecule has 2 heterocycles. The van der Waals surface area contributed by atoms with E-state index in [4.69, 9.17) is 15.9 Å². The predicted octanol–water partition coefficient (Wildman–Crippen LogP) is 4.15. The zero-order chi connectivity index (χ0) is 35.9. The maximum Gasteiger partial charge on any atom is 0.408 e. The lowest BCUT2D eigenvalue weighted by molar-refractivity contribution is -0.124. The second kappa shape index (κ2) is 16.5. The molecule has 0 aliphatic carbocycles. The molecule has 0 saturated carbocycles. The lowest BCUT2D eigenvalue weighted by Crippen LogP contribution is -2.53. The third-order valence-corrected chi connectivity index (χ3v) is 11.6. The summed E-state index contributed by atoms with van der Waals surface area (Å²) in [6.07, 6.45) is 0.283. The topological polar surface area (TPSA) is 197 Å². The molecule has 1 aromatic heterocycles. The van der Waals surface area contributed by atoms with Gasteiger partial charge in [0.15, 0.2) is 11.0 Å². The molecular weight excluding hydrogens is 667 g/mol. The number of piperidine rings is 1. The molecule has 0 unspecified atom stereocenters. The van der Waals surface area contributed by atoms with Crippen LogP contribution < -0.4 is 21.7 Å². The van der Waals surface area contributed by atoms with Gasteiger partial charge in [-0.05, 0) is 82.1 Å². The normalized spacial score (nSPS) is 15.5. The van der Waals surface area contributed by atoms with Crippen LogP contribution in [-0.2, 0) is 19.6 Å². The van der Waals surface area contributed by atoms with E-state index in [0.29, 0.717) is 53.8 Å². The third-order valence-electron chi connectivity index (χ3n) is 8.32. The van der Waals surface area contributed by atoms with Crippen molar-refractivity contribution in [3.05, 3.63) is 58.1 Å². The Morgan fingerprint density at radius 3 is 2.33 bits per heavy atom. The fourth-order valence-electron chi connectivity index (χ4n) is 6.12. The van der Waals surface area contributed by atoms with E-state index in [-0.39, 0.29) is 42.2 Å². The summed E-state index contributed by atoms with van der Waals surface area (Å²) in [7, 11) is -3.72. The molecule has 3 aromatic rings. The average Bonchev–Trinajstić information content (AvgIpc) is 3.45. The summed E-state index contributed by atoms with van der Waals surface area (Å²) >= 11 is 1.24. The minimum absolute atomic E-state index is 0.0244. The number of thiazole rings is 1. The van der Waals surface area contributed by atoms with Crippen molar-refractivity contribution in [2.24, 2.45) is 11.7 Å². The Hall–Kier alpha value is -4.08. The Balaban J connectivity index is 1.39. The number of para-hydroxylation sites is 1. The van der Waals surface area contributed by atoms with E-state index in [1.54, 1.807) is 13.8 Å². The molecule has 1 aliphatic heterocycles. The summed E-state index contributed by atoms with van der Waals surface area (Å²) in [4.78, 5) is 45.1. The fourth-order valence-corrected chi connectivity index (χ4v) is 8.96. The van der Waals surface area contributed by atoms with Gasteiger partial charge in [-0.2, -0.15) is 4.31 Å². The Morgan fingerprint density at radius 2 is 1.71 bits per heavy atom. The van der Waals surface area contributed by atoms with E-state index >= 15 is 0 Å². The van der Waals surface area contributed by atoms with Crippen LogP contribution >= 0.6 is 11.3 Å². The molecule has 6 N–H and O–H groups in total. The van der Waals surface area contributed by atoms with E-state index in [0.717, 1.165) is 10.3 Å². The second-order valence-corrected chi connectivity index (χ2v) is 15.9. The molecule has 1 fully saturated rings. The Bertz CT molecular complexity index is 1730. The molecule has 2 atom stereocenters. The first-order valence-corrected chi connectivity index (χ1v) is 18.7. The number of ketones is 1. The number of carbonyl (C=O) groups is 3. The molecule has 15 heteroatoms. The van der Waals surface area contributed by atoms with Gasteiger partial charge < -0.3 is 26.4 Å². The molecular formula is C34H47N7O6S2. The summed E-state index contributed by atoms with van der Waals surface area (Å²) in [5, 5.41) is 15.9. The molecule has 13 nitrogen and oxygen atoms in total. The van der Waals surface area contributed by atoms with Crippen LogP contribution in [0.5, 0.6) is 0 Å². The van der Waals surface area contributed by atoms with Crippen molar-refractivity contribution in [2.45, 2.75) is 89.8 Å². The smallest absolute Gasteiger partial charge is 0.408 e. The largest absolute Gasteiger partial charge is 0.446 e. The lowest BCUT2D eigenvalue weighted by Gasteiger charge is -2.32. The van der Waals surface area contributed by atoms with Crippen LogP contribution in [0.1, 0.15) is 72.4 Å². The number of aromatic nitrogens is 1. The van der Waals surface area contributed by atoms with Crippen molar-refractivity contribution in [1.82, 2.24) is 25.2 Å². The molecule has 266 valence electrons. The molecule has 2 aromatic carbocycles. The zero-order valence-corrected chi connectivity index (χ0v) is 30.3. The van der Waals surface area contributed by atoms with Crippen LogP contribution in [0.2, 0.25) is 0 Å². The highest BCUT2D eigenvalue weighted by Crippen LogP contribution is 2.28. The summed E-state index contributed by atoms with van der Waals surface area (Å²) in [5.74, 6) is -1.05. The van der Waals surface area contributed by atoms with Crippen molar-refractivity contribution in [1.29, 1.82) is 5.41 Å². The number of amides is 2. The Labute approximate surface area is 291 Å². The summed E-state index contributed by atoms with van der Waals surface area (Å²) in [5.41, 5.74) is 8.47. The monoisotopic (exact) mass is 713 g/mol. The number of alkyl carbamates (subject to hydrolysis) is 1. The number of sulfonamides is 1. The highest BCUT2D eigenvalue weighted by atomic mass is 32.2. The average molecular weight is 714 g/mol. The highest BCUT2D eigenvalue weighted by molar-refractivity contribution is 7.89. The van der Waals surface area contributed by atoms with E-state index in [2.05, 4.69) is 20.9 Å². The third kappa shape index (κ3) is 9.98. The van der Waals surface area contributed by atoms with Crippen molar-refractivity contribution in [2.75, 3.05) is 19.6 Å². The maximum atomic E-state index is 13.6. The van der Waals surface area contributed by atoms with Crippen molar-refractivity contribution in [3.63, 3.8) is 0 Å². The van der Waals surface area contributed by atoms with Gasteiger partial charge in [-0.15, -0.1) is 11.3 Å². The van der Waals surface area contributed by atoms with Gasteiger partial charge >= 0.3 is 6.09 Å². The maximum absolute atomic E-state index is 13.6. The van der Waals surface area contributed by atoms with Gasteiger partial charge in [-0.3, -0.25) is 15.0 Å². The quantitative estimate of drug-likeness (QED) is 0.0706. The molecule has 1 saturated heterocycles. The first kappa shape index (κ1) is 37.7. The van der Waals surface area contributed by atoms with Crippen LogP contribution in [0.3, 0.4) is 0 Å². The van der Waals surface area contributed by atoms with Gasteiger partial charge in [-0.25, -0.2) is 18.2 Å². The van der Waals surface area contributed by atoms with E-state index in [9.17, 15) is 22.8 Å². The van der Waals surface area contributed by atoms with Gasteiger partial charge in [0.2, 0.25) is 21.7 Å². The van der Waals surface area contributed by atoms with Crippen molar-refractivity contribution in [3.8, 4) is 0 Å². The van der Waals surface area contributed by atoms with Crippen LogP contribution in [0.15, 0.2) is 41.3 Å². The van der Waals surface area contributed by atoms with Crippen molar-refractivity contribution >= 4 is 55.3 Å². The number of rotatable bonds is 14. The fraction of sp³-hybridized carbons (Fsp3) is 0.500. The Kier molecular flexibility index (Phi) is 12.7. The van der Waals surface area contributed by atoms with E-state index in [1.165, 1.54) is 15.6 Å². The Morgan fingerprint density at radius 1 is 1.06 bits per heavy atom. The van der Waals surface area contributed by atoms with Crippen LogP contribution in [0, 0.1) is 32.1 Å². The molecule has 0 bridgehead atoms. The van der Waals surface area contributed by atoms with Crippen LogP contribution in [0.4, 0.5) is 4.79 Å². The molecule has 49 heavy (non-hydrogen) atoms. The number of nitrogens with zero attached hydrogens (tertiary/aromatic N) is 2. The standard InChI is InChI=1S/C34H47N7O6S2/c1-20(2)17-27(31(43)38-26(10-8-14-37-33(35)36)29(42)32-39-25-9-6-7-11-28(25)48-32)40-34(44)47-24-12-15-41(16-13-24)49(45,46)30-22(4)18-21(3)19-23(30)5/h6-7,9,11,18-20,24,26-27H,8,10,12-17H2,1-5H3,(H,38,43)(H,40,44)(H4,35,36,37)/t26-,27-/m0/s1. The molecule has 0 spiro atoms. The summed E-state index contributed by atoms with van der Waals surface area (Å²) in [6.45, 7) is 10.1. The summed E-state index contributed by atoms with van der Waals surface area (Å²) in [6, 6.07) is 9.18. The lowest BCUT2D eigenvalue weighted by atomic mass is 10.0. The number of guanidine groups is 1.